The molecule has 0 aliphatic rings. The van der Waals surface area contributed by atoms with Crippen molar-refractivity contribution >= 4 is 11.3 Å². The van der Waals surface area contributed by atoms with Crippen LogP contribution in [0.1, 0.15) is 24.4 Å². The van der Waals surface area contributed by atoms with Crippen molar-refractivity contribution in [3.05, 3.63) is 33.7 Å². The van der Waals surface area contributed by atoms with Gasteiger partial charge in [0.15, 0.2) is 0 Å². The number of aromatic nitrogens is 3. The first-order valence-corrected chi connectivity index (χ1v) is 6.26. The van der Waals surface area contributed by atoms with Gasteiger partial charge in [0.05, 0.1) is 6.04 Å². The highest BCUT2D eigenvalue weighted by Gasteiger charge is 2.13. The molecule has 2 N–H and O–H groups in total. The lowest BCUT2D eigenvalue weighted by atomic mass is 10.2. The molecule has 2 aromatic heterocycles. The molecule has 2 rings (SSSR count). The summed E-state index contributed by atoms with van der Waals surface area (Å²) < 4.78 is 0. The second kappa shape index (κ2) is 5.20. The van der Waals surface area contributed by atoms with Crippen molar-refractivity contribution in [3.63, 3.8) is 0 Å². The fourth-order valence-corrected chi connectivity index (χ4v) is 2.60. The van der Waals surface area contributed by atoms with Crippen LogP contribution in [0.25, 0.3) is 10.6 Å². The Labute approximate surface area is 103 Å². The molecular formula is C11H14N4OS. The lowest BCUT2D eigenvalue weighted by Gasteiger charge is -2.07. The fourth-order valence-electron chi connectivity index (χ4n) is 1.57. The van der Waals surface area contributed by atoms with Crippen LogP contribution >= 0.6 is 11.3 Å². The first-order chi connectivity index (χ1) is 8.24. The van der Waals surface area contributed by atoms with E-state index in [4.69, 9.17) is 0 Å². The molecule has 5 nitrogen and oxygen atoms in total. The Morgan fingerprint density at radius 1 is 1.53 bits per heavy atom. The van der Waals surface area contributed by atoms with Gasteiger partial charge in [0.25, 0.3) is 0 Å². The molecule has 0 aliphatic heterocycles. The lowest BCUT2D eigenvalue weighted by Crippen LogP contribution is -2.14. The van der Waals surface area contributed by atoms with E-state index in [1.807, 2.05) is 13.1 Å². The molecule has 90 valence electrons. The summed E-state index contributed by atoms with van der Waals surface area (Å²) in [4.78, 5) is 13.8. The van der Waals surface area contributed by atoms with Crippen LogP contribution in [0, 0.1) is 0 Å². The summed E-state index contributed by atoms with van der Waals surface area (Å²) in [5, 5.41) is 13.2. The molecule has 0 saturated carbocycles. The van der Waals surface area contributed by atoms with Crippen LogP contribution in [-0.4, -0.2) is 22.2 Å². The van der Waals surface area contributed by atoms with E-state index in [2.05, 4.69) is 27.4 Å². The molecular weight excluding hydrogens is 236 g/mol. The van der Waals surface area contributed by atoms with Crippen molar-refractivity contribution in [2.24, 2.45) is 0 Å². The second-order valence-corrected chi connectivity index (χ2v) is 4.65. The van der Waals surface area contributed by atoms with E-state index in [9.17, 15) is 4.79 Å². The van der Waals surface area contributed by atoms with E-state index in [0.717, 1.165) is 22.0 Å². The molecule has 0 bridgehead atoms. The molecule has 1 unspecified atom stereocenters. The molecule has 17 heavy (non-hydrogen) atoms. The van der Waals surface area contributed by atoms with Crippen LogP contribution in [0.2, 0.25) is 0 Å². The highest BCUT2D eigenvalue weighted by Crippen LogP contribution is 2.26. The largest absolute Gasteiger partial charge is 0.329 e. The molecule has 0 amide bonds. The van der Waals surface area contributed by atoms with Gasteiger partial charge in [0.2, 0.25) is 5.56 Å². The van der Waals surface area contributed by atoms with E-state index < -0.39 is 0 Å². The van der Waals surface area contributed by atoms with Gasteiger partial charge in [-0.3, -0.25) is 4.79 Å². The minimum atomic E-state index is -0.125. The maximum atomic E-state index is 11.2. The highest BCUT2D eigenvalue weighted by atomic mass is 32.1. The number of aromatic amines is 1. The highest BCUT2D eigenvalue weighted by molar-refractivity contribution is 7.14. The number of hydrogen-bond acceptors (Lipinski definition) is 5. The third-order valence-electron chi connectivity index (χ3n) is 2.52. The maximum absolute atomic E-state index is 11.2. The smallest absolute Gasteiger partial charge is 0.248 e. The van der Waals surface area contributed by atoms with Gasteiger partial charge in [-0.05, 0) is 19.5 Å². The van der Waals surface area contributed by atoms with E-state index >= 15 is 0 Å². The number of H-pyrrole nitrogens is 1. The zero-order valence-corrected chi connectivity index (χ0v) is 10.5. The van der Waals surface area contributed by atoms with Crippen LogP contribution in [0.4, 0.5) is 0 Å². The summed E-state index contributed by atoms with van der Waals surface area (Å²) in [7, 11) is 1.91. The van der Waals surface area contributed by atoms with Crippen LogP contribution in [0.5, 0.6) is 0 Å². The van der Waals surface area contributed by atoms with Crippen molar-refractivity contribution in [2.75, 3.05) is 7.05 Å². The van der Waals surface area contributed by atoms with Crippen LogP contribution < -0.4 is 10.9 Å². The number of rotatable bonds is 4. The lowest BCUT2D eigenvalue weighted by molar-refractivity contribution is 0.568. The predicted molar refractivity (Wildman–Crippen MR) is 68.1 cm³/mol. The van der Waals surface area contributed by atoms with Gasteiger partial charge in [0.1, 0.15) is 10.0 Å². The third-order valence-corrected chi connectivity index (χ3v) is 3.60. The minimum absolute atomic E-state index is 0.125. The number of nitrogens with one attached hydrogen (secondary N) is 2. The zero-order chi connectivity index (χ0) is 12.3. The van der Waals surface area contributed by atoms with Gasteiger partial charge < -0.3 is 10.3 Å². The fraction of sp³-hybridized carbons (Fsp3) is 0.364. The molecule has 0 aromatic carbocycles. The van der Waals surface area contributed by atoms with Crippen molar-refractivity contribution in [3.8, 4) is 10.6 Å². The van der Waals surface area contributed by atoms with E-state index in [1.54, 1.807) is 6.20 Å². The van der Waals surface area contributed by atoms with Gasteiger partial charge in [0, 0.05) is 17.8 Å². The Morgan fingerprint density at radius 3 is 3.00 bits per heavy atom. The van der Waals surface area contributed by atoms with Gasteiger partial charge >= 0.3 is 0 Å². The van der Waals surface area contributed by atoms with Crippen molar-refractivity contribution in [2.45, 2.75) is 19.4 Å². The monoisotopic (exact) mass is 250 g/mol. The summed E-state index contributed by atoms with van der Waals surface area (Å²) in [5.41, 5.74) is 0.684. The average molecular weight is 250 g/mol. The average Bonchev–Trinajstić information content (AvgIpc) is 2.80. The summed E-state index contributed by atoms with van der Waals surface area (Å²) in [6, 6.07) is 3.58. The molecule has 2 heterocycles. The predicted octanol–water partition coefficient (Wildman–Crippen LogP) is 1.56. The molecule has 0 saturated heterocycles. The SMILES string of the molecule is CCC(NC)c1nnc(-c2cc[nH]c(=O)c2)s1. The third kappa shape index (κ3) is 2.59. The van der Waals surface area contributed by atoms with Crippen molar-refractivity contribution < 1.29 is 0 Å². The van der Waals surface area contributed by atoms with Crippen molar-refractivity contribution in [1.29, 1.82) is 0 Å². The van der Waals surface area contributed by atoms with Gasteiger partial charge in [-0.25, -0.2) is 0 Å². The summed E-state index contributed by atoms with van der Waals surface area (Å²) in [5.74, 6) is 0. The summed E-state index contributed by atoms with van der Waals surface area (Å²) in [6.07, 6.45) is 2.58. The normalized spacial score (nSPS) is 12.6. The molecule has 0 spiro atoms. The van der Waals surface area contributed by atoms with Crippen molar-refractivity contribution in [1.82, 2.24) is 20.5 Å². The minimum Gasteiger partial charge on any atom is -0.329 e. The first-order valence-electron chi connectivity index (χ1n) is 5.44. The number of hydrogen-bond donors (Lipinski definition) is 2. The Hall–Kier alpha value is -1.53. The topological polar surface area (TPSA) is 70.7 Å². The number of pyridine rings is 1. The molecule has 0 fully saturated rings. The second-order valence-electron chi connectivity index (χ2n) is 3.64. The van der Waals surface area contributed by atoms with Crippen LogP contribution in [0.3, 0.4) is 0 Å². The first kappa shape index (κ1) is 11.9. The molecule has 6 heteroatoms. The van der Waals surface area contributed by atoms with Gasteiger partial charge in [-0.1, -0.05) is 18.3 Å². The van der Waals surface area contributed by atoms with E-state index in [1.165, 1.54) is 17.4 Å². The molecule has 0 radical (unpaired) electrons. The summed E-state index contributed by atoms with van der Waals surface area (Å²) >= 11 is 1.51. The van der Waals surface area contributed by atoms with E-state index in [0.29, 0.717) is 0 Å². The Morgan fingerprint density at radius 2 is 2.35 bits per heavy atom. The Kier molecular flexibility index (Phi) is 3.65. The summed E-state index contributed by atoms with van der Waals surface area (Å²) in [6.45, 7) is 2.09. The maximum Gasteiger partial charge on any atom is 0.248 e. The quantitative estimate of drug-likeness (QED) is 0.864. The Balaban J connectivity index is 2.32. The molecule has 1 atom stereocenters. The molecule has 2 aromatic rings. The van der Waals surface area contributed by atoms with Crippen LogP contribution in [0.15, 0.2) is 23.1 Å². The molecule has 0 aliphatic carbocycles. The van der Waals surface area contributed by atoms with Crippen LogP contribution in [-0.2, 0) is 0 Å². The zero-order valence-electron chi connectivity index (χ0n) is 9.73. The van der Waals surface area contributed by atoms with Gasteiger partial charge in [-0.2, -0.15) is 0 Å². The van der Waals surface area contributed by atoms with Gasteiger partial charge in [-0.15, -0.1) is 10.2 Å². The number of nitrogens with zero attached hydrogens (tertiary/aromatic N) is 2. The Bertz CT molecular complexity index is 544. The van der Waals surface area contributed by atoms with E-state index in [-0.39, 0.29) is 11.6 Å². The standard InChI is InChI=1S/C11H14N4OS/c1-3-8(12-2)11-15-14-10(17-11)7-4-5-13-9(16)6-7/h4-6,8,12H,3H2,1-2H3,(H,13,16).